The van der Waals surface area contributed by atoms with Gasteiger partial charge in [0.05, 0.1) is 26.2 Å². The van der Waals surface area contributed by atoms with E-state index in [1.54, 1.807) is 14.2 Å². The molecule has 1 aromatic carbocycles. The predicted octanol–water partition coefficient (Wildman–Crippen LogP) is 1.52. The molecular weight excluding hydrogens is 284 g/mol. The lowest BCUT2D eigenvalue weighted by atomic mass is 9.96. The highest BCUT2D eigenvalue weighted by Gasteiger charge is 2.19. The second kappa shape index (κ2) is 8.38. The molecule has 6 nitrogen and oxygen atoms in total. The van der Waals surface area contributed by atoms with Gasteiger partial charge in [-0.25, -0.2) is 0 Å². The molecule has 0 radical (unpaired) electrons. The fourth-order valence-electron chi connectivity index (χ4n) is 2.20. The summed E-state index contributed by atoms with van der Waals surface area (Å²) in [7, 11) is 3.21. The molecule has 0 aliphatic rings. The number of carboxylic acids is 1. The number of carbonyl (C=O) groups excluding carboxylic acids is 1. The third-order valence-corrected chi connectivity index (χ3v) is 3.28. The minimum Gasteiger partial charge on any atom is -0.497 e. The average Bonchev–Trinajstić information content (AvgIpc) is 2.43. The number of amides is 1. The van der Waals surface area contributed by atoms with Gasteiger partial charge in [-0.2, -0.15) is 0 Å². The van der Waals surface area contributed by atoms with E-state index in [1.807, 2.05) is 38.1 Å². The number of carboxylic acid groups (broad SMARTS) is 1. The van der Waals surface area contributed by atoms with Crippen LogP contribution in [0.4, 0.5) is 0 Å². The average molecular weight is 308 g/mol. The molecule has 0 aliphatic heterocycles. The van der Waals surface area contributed by atoms with Gasteiger partial charge >= 0.3 is 5.97 Å². The maximum Gasteiger partial charge on any atom is 0.317 e. The molecule has 1 rings (SSSR count). The monoisotopic (exact) mass is 308 g/mol. The third-order valence-electron chi connectivity index (χ3n) is 3.28. The Balaban J connectivity index is 2.71. The Labute approximate surface area is 131 Å². The Bertz CT molecular complexity index is 499. The van der Waals surface area contributed by atoms with Crippen molar-refractivity contribution in [3.05, 3.63) is 29.8 Å². The molecule has 6 heteroatoms. The van der Waals surface area contributed by atoms with Crippen LogP contribution in [-0.4, -0.2) is 49.1 Å². The van der Waals surface area contributed by atoms with Crippen molar-refractivity contribution >= 4 is 11.9 Å². The van der Waals surface area contributed by atoms with Crippen LogP contribution in [0.1, 0.15) is 25.5 Å². The molecular formula is C16H24N2O4. The highest BCUT2D eigenvalue weighted by Crippen LogP contribution is 2.23. The molecule has 1 atom stereocenters. The van der Waals surface area contributed by atoms with Gasteiger partial charge in [-0.1, -0.05) is 26.0 Å². The lowest BCUT2D eigenvalue weighted by Crippen LogP contribution is -2.40. The number of hydrogen-bond donors (Lipinski definition) is 2. The number of hydrogen-bond acceptors (Lipinski definition) is 4. The van der Waals surface area contributed by atoms with Crippen LogP contribution in [0.25, 0.3) is 0 Å². The Hall–Kier alpha value is -2.08. The molecule has 0 aromatic heterocycles. The Morgan fingerprint density at radius 2 is 1.82 bits per heavy atom. The summed E-state index contributed by atoms with van der Waals surface area (Å²) in [6.07, 6.45) is 0. The first-order valence-corrected chi connectivity index (χ1v) is 7.17. The van der Waals surface area contributed by atoms with Crippen molar-refractivity contribution in [1.29, 1.82) is 0 Å². The highest BCUT2D eigenvalue weighted by molar-refractivity contribution is 5.79. The standard InChI is InChI=1S/C16H24N2O4/c1-11(2)16(12-5-7-13(22-4)8-6-12)17-14(19)9-18(3)10-15(20)21/h5-8,11,16H,9-10H2,1-4H3,(H,17,19)(H,20,21). The largest absolute Gasteiger partial charge is 0.497 e. The van der Waals surface area contributed by atoms with Gasteiger partial charge in [0.2, 0.25) is 5.91 Å². The van der Waals surface area contributed by atoms with E-state index in [4.69, 9.17) is 9.84 Å². The fraction of sp³-hybridized carbons (Fsp3) is 0.500. The molecule has 0 bridgehead atoms. The molecule has 0 spiro atoms. The SMILES string of the molecule is COc1ccc(C(NC(=O)CN(C)CC(=O)O)C(C)C)cc1. The number of nitrogens with zero attached hydrogens (tertiary/aromatic N) is 1. The Morgan fingerprint density at radius 1 is 1.23 bits per heavy atom. The van der Waals surface area contributed by atoms with Gasteiger partial charge in [0.15, 0.2) is 0 Å². The zero-order valence-corrected chi connectivity index (χ0v) is 13.5. The van der Waals surface area contributed by atoms with Crippen LogP contribution in [0.2, 0.25) is 0 Å². The summed E-state index contributed by atoms with van der Waals surface area (Å²) in [6, 6.07) is 7.42. The van der Waals surface area contributed by atoms with Crippen LogP contribution in [0.5, 0.6) is 5.75 Å². The molecule has 22 heavy (non-hydrogen) atoms. The van der Waals surface area contributed by atoms with Gasteiger partial charge in [0.1, 0.15) is 5.75 Å². The van der Waals surface area contributed by atoms with Crippen LogP contribution in [-0.2, 0) is 9.59 Å². The van der Waals surface area contributed by atoms with E-state index in [9.17, 15) is 9.59 Å². The summed E-state index contributed by atoms with van der Waals surface area (Å²) in [5, 5.41) is 11.7. The summed E-state index contributed by atoms with van der Waals surface area (Å²) in [6.45, 7) is 3.93. The zero-order chi connectivity index (χ0) is 16.7. The van der Waals surface area contributed by atoms with Crippen LogP contribution in [0.15, 0.2) is 24.3 Å². The molecule has 0 saturated heterocycles. The molecule has 1 amide bonds. The van der Waals surface area contributed by atoms with Gasteiger partial charge in [-0.05, 0) is 30.7 Å². The van der Waals surface area contributed by atoms with E-state index in [0.29, 0.717) is 0 Å². The second-order valence-corrected chi connectivity index (χ2v) is 5.63. The number of methoxy groups -OCH3 is 1. The number of ether oxygens (including phenoxy) is 1. The summed E-state index contributed by atoms with van der Waals surface area (Å²) in [5.74, 6) is -0.176. The third kappa shape index (κ3) is 5.73. The molecule has 1 aromatic rings. The van der Waals surface area contributed by atoms with Crippen molar-refractivity contribution in [3.63, 3.8) is 0 Å². The van der Waals surface area contributed by atoms with E-state index < -0.39 is 5.97 Å². The van der Waals surface area contributed by atoms with Crippen molar-refractivity contribution in [1.82, 2.24) is 10.2 Å². The number of aliphatic carboxylic acids is 1. The summed E-state index contributed by atoms with van der Waals surface area (Å²) >= 11 is 0. The van der Waals surface area contributed by atoms with E-state index in [1.165, 1.54) is 4.90 Å². The molecule has 2 N–H and O–H groups in total. The fourth-order valence-corrected chi connectivity index (χ4v) is 2.20. The van der Waals surface area contributed by atoms with Crippen LogP contribution >= 0.6 is 0 Å². The van der Waals surface area contributed by atoms with E-state index >= 15 is 0 Å². The molecule has 1 unspecified atom stereocenters. The highest BCUT2D eigenvalue weighted by atomic mass is 16.5. The molecule has 0 aliphatic carbocycles. The number of benzene rings is 1. The lowest BCUT2D eigenvalue weighted by Gasteiger charge is -2.24. The first-order chi connectivity index (χ1) is 10.3. The summed E-state index contributed by atoms with van der Waals surface area (Å²) < 4.78 is 5.13. The van der Waals surface area contributed by atoms with Gasteiger partial charge < -0.3 is 15.2 Å². The maximum atomic E-state index is 12.1. The van der Waals surface area contributed by atoms with Crippen molar-refractivity contribution in [2.45, 2.75) is 19.9 Å². The first-order valence-electron chi connectivity index (χ1n) is 7.17. The summed E-state index contributed by atoms with van der Waals surface area (Å²) in [4.78, 5) is 24.2. The van der Waals surface area contributed by atoms with E-state index in [0.717, 1.165) is 11.3 Å². The van der Waals surface area contributed by atoms with Crippen LogP contribution < -0.4 is 10.1 Å². The summed E-state index contributed by atoms with van der Waals surface area (Å²) in [5.41, 5.74) is 0.991. The lowest BCUT2D eigenvalue weighted by molar-refractivity contribution is -0.138. The van der Waals surface area contributed by atoms with Gasteiger partial charge in [0.25, 0.3) is 0 Å². The number of carbonyl (C=O) groups is 2. The Morgan fingerprint density at radius 3 is 2.27 bits per heavy atom. The normalized spacial score (nSPS) is 12.3. The quantitative estimate of drug-likeness (QED) is 0.761. The first kappa shape index (κ1) is 18.0. The van der Waals surface area contributed by atoms with Crippen LogP contribution in [0.3, 0.4) is 0 Å². The van der Waals surface area contributed by atoms with Gasteiger partial charge in [-0.15, -0.1) is 0 Å². The van der Waals surface area contributed by atoms with Crippen molar-refractivity contribution in [3.8, 4) is 5.75 Å². The van der Waals surface area contributed by atoms with E-state index in [2.05, 4.69) is 5.32 Å². The topological polar surface area (TPSA) is 78.9 Å². The maximum absolute atomic E-state index is 12.1. The number of nitrogens with one attached hydrogen (secondary N) is 1. The van der Waals surface area contributed by atoms with Crippen molar-refractivity contribution < 1.29 is 19.4 Å². The molecule has 0 saturated carbocycles. The molecule has 122 valence electrons. The minimum absolute atomic E-state index is 0.0473. The zero-order valence-electron chi connectivity index (χ0n) is 13.5. The van der Waals surface area contributed by atoms with Crippen LogP contribution in [0, 0.1) is 5.92 Å². The minimum atomic E-state index is -0.953. The predicted molar refractivity (Wildman–Crippen MR) is 83.8 cm³/mol. The molecule has 0 heterocycles. The van der Waals surface area contributed by atoms with E-state index in [-0.39, 0.29) is 31.0 Å². The number of rotatable bonds is 8. The van der Waals surface area contributed by atoms with Gasteiger partial charge in [0, 0.05) is 0 Å². The smallest absolute Gasteiger partial charge is 0.317 e. The van der Waals surface area contributed by atoms with Gasteiger partial charge in [-0.3, -0.25) is 14.5 Å². The number of likely N-dealkylation sites (N-methyl/N-ethyl adjacent to an activating group) is 1. The second-order valence-electron chi connectivity index (χ2n) is 5.63. The van der Waals surface area contributed by atoms with Crippen molar-refractivity contribution in [2.75, 3.05) is 27.2 Å². The molecule has 0 fully saturated rings. The Kier molecular flexibility index (Phi) is 6.85. The van der Waals surface area contributed by atoms with Crippen molar-refractivity contribution in [2.24, 2.45) is 5.92 Å².